The summed E-state index contributed by atoms with van der Waals surface area (Å²) in [4.78, 5) is 11.6. The van der Waals surface area contributed by atoms with Gasteiger partial charge in [-0.15, -0.1) is 9.78 Å². The topological polar surface area (TPSA) is 57.0 Å². The average Bonchev–Trinajstić information content (AvgIpc) is 2.73. The Bertz CT molecular complexity index is 493. The third-order valence-electron chi connectivity index (χ3n) is 2.25. The van der Waals surface area contributed by atoms with Gasteiger partial charge in [0.15, 0.2) is 0 Å². The van der Waals surface area contributed by atoms with Gasteiger partial charge in [-0.3, -0.25) is 0 Å². The van der Waals surface area contributed by atoms with Gasteiger partial charge in [0.05, 0.1) is 6.61 Å². The zero-order valence-corrected chi connectivity index (χ0v) is 9.09. The van der Waals surface area contributed by atoms with E-state index in [0.29, 0.717) is 17.6 Å². The maximum absolute atomic E-state index is 11.6. The van der Waals surface area contributed by atoms with Crippen LogP contribution < -0.4 is 0 Å². The molecular weight excluding hydrogens is 206 g/mol. The standard InChI is InChI=1S/C11H13N3O2/c1-2-3-8-16-11(15)14-10-7-5-4-6-9(10)12-13-14/h4-7H,2-3,8H2,1H3. The van der Waals surface area contributed by atoms with Crippen molar-refractivity contribution in [3.05, 3.63) is 24.3 Å². The highest BCUT2D eigenvalue weighted by Gasteiger charge is 2.11. The van der Waals surface area contributed by atoms with Crippen molar-refractivity contribution >= 4 is 17.1 Å². The zero-order chi connectivity index (χ0) is 11.4. The van der Waals surface area contributed by atoms with E-state index in [9.17, 15) is 4.79 Å². The second-order valence-electron chi connectivity index (χ2n) is 3.46. The molecule has 0 fully saturated rings. The minimum Gasteiger partial charge on any atom is -0.448 e. The van der Waals surface area contributed by atoms with Crippen LogP contribution in [-0.4, -0.2) is 27.7 Å². The fourth-order valence-corrected chi connectivity index (χ4v) is 1.37. The number of aromatic nitrogens is 3. The van der Waals surface area contributed by atoms with E-state index in [-0.39, 0.29) is 0 Å². The van der Waals surface area contributed by atoms with E-state index in [1.165, 1.54) is 4.68 Å². The highest BCUT2D eigenvalue weighted by molar-refractivity contribution is 5.84. The number of carbonyl (C=O) groups is 1. The van der Waals surface area contributed by atoms with Gasteiger partial charge in [0, 0.05) is 0 Å². The van der Waals surface area contributed by atoms with Crippen LogP contribution in [0.1, 0.15) is 19.8 Å². The summed E-state index contributed by atoms with van der Waals surface area (Å²) in [5.41, 5.74) is 1.36. The number of unbranched alkanes of at least 4 members (excludes halogenated alkanes) is 1. The summed E-state index contributed by atoms with van der Waals surface area (Å²) in [5.74, 6) is 0. The first kappa shape index (κ1) is 10.6. The number of hydrogen-bond acceptors (Lipinski definition) is 4. The van der Waals surface area contributed by atoms with Gasteiger partial charge in [0.1, 0.15) is 11.0 Å². The monoisotopic (exact) mass is 219 g/mol. The van der Waals surface area contributed by atoms with Crippen LogP contribution in [0.25, 0.3) is 11.0 Å². The molecule has 0 atom stereocenters. The molecule has 2 aromatic rings. The molecule has 0 radical (unpaired) electrons. The van der Waals surface area contributed by atoms with Crippen molar-refractivity contribution in [3.63, 3.8) is 0 Å². The summed E-state index contributed by atoms with van der Waals surface area (Å²) in [5, 5.41) is 7.65. The molecule has 0 bridgehead atoms. The Balaban J connectivity index is 2.17. The number of hydrogen-bond donors (Lipinski definition) is 0. The van der Waals surface area contributed by atoms with Gasteiger partial charge in [-0.2, -0.15) is 0 Å². The van der Waals surface area contributed by atoms with E-state index < -0.39 is 6.09 Å². The summed E-state index contributed by atoms with van der Waals surface area (Å²) < 4.78 is 6.24. The molecule has 0 amide bonds. The Kier molecular flexibility index (Phi) is 3.14. The fraction of sp³-hybridized carbons (Fsp3) is 0.364. The quantitative estimate of drug-likeness (QED) is 0.743. The Morgan fingerprint density at radius 2 is 2.25 bits per heavy atom. The molecule has 0 N–H and O–H groups in total. The van der Waals surface area contributed by atoms with Gasteiger partial charge in [-0.25, -0.2) is 4.79 Å². The highest BCUT2D eigenvalue weighted by atomic mass is 16.6. The van der Waals surface area contributed by atoms with Gasteiger partial charge in [0.2, 0.25) is 0 Å². The van der Waals surface area contributed by atoms with E-state index in [2.05, 4.69) is 10.3 Å². The molecule has 0 unspecified atom stereocenters. The molecule has 0 aliphatic carbocycles. The minimum atomic E-state index is -0.470. The van der Waals surface area contributed by atoms with Crippen LogP contribution in [0.5, 0.6) is 0 Å². The van der Waals surface area contributed by atoms with Gasteiger partial charge in [-0.05, 0) is 18.6 Å². The van der Waals surface area contributed by atoms with Crippen molar-refractivity contribution in [2.75, 3.05) is 6.61 Å². The van der Waals surface area contributed by atoms with E-state index in [1.54, 1.807) is 12.1 Å². The van der Waals surface area contributed by atoms with Crippen molar-refractivity contribution in [1.82, 2.24) is 15.0 Å². The number of benzene rings is 1. The molecule has 0 aliphatic heterocycles. The van der Waals surface area contributed by atoms with Gasteiger partial charge >= 0.3 is 6.09 Å². The van der Waals surface area contributed by atoms with Crippen molar-refractivity contribution in [1.29, 1.82) is 0 Å². The zero-order valence-electron chi connectivity index (χ0n) is 9.09. The van der Waals surface area contributed by atoms with E-state index in [1.807, 2.05) is 19.1 Å². The summed E-state index contributed by atoms with van der Waals surface area (Å²) in [6, 6.07) is 7.28. The smallest absolute Gasteiger partial charge is 0.436 e. The first-order valence-corrected chi connectivity index (χ1v) is 5.30. The number of nitrogens with zero attached hydrogens (tertiary/aromatic N) is 3. The molecule has 5 nitrogen and oxygen atoms in total. The lowest BCUT2D eigenvalue weighted by molar-refractivity contribution is 0.143. The van der Waals surface area contributed by atoms with E-state index in [0.717, 1.165) is 12.8 Å². The van der Waals surface area contributed by atoms with Crippen molar-refractivity contribution in [2.24, 2.45) is 0 Å². The first-order valence-electron chi connectivity index (χ1n) is 5.30. The third-order valence-corrected chi connectivity index (χ3v) is 2.25. The summed E-state index contributed by atoms with van der Waals surface area (Å²) in [6.45, 7) is 2.46. The van der Waals surface area contributed by atoms with Crippen LogP contribution in [-0.2, 0) is 4.74 Å². The molecule has 5 heteroatoms. The average molecular weight is 219 g/mol. The Morgan fingerprint density at radius 3 is 3.06 bits per heavy atom. The van der Waals surface area contributed by atoms with Gasteiger partial charge in [0.25, 0.3) is 0 Å². The molecular formula is C11H13N3O2. The molecule has 16 heavy (non-hydrogen) atoms. The van der Waals surface area contributed by atoms with E-state index in [4.69, 9.17) is 4.74 Å². The number of ether oxygens (including phenoxy) is 1. The number of rotatable bonds is 3. The number of carbonyl (C=O) groups excluding carboxylic acids is 1. The van der Waals surface area contributed by atoms with Crippen molar-refractivity contribution < 1.29 is 9.53 Å². The normalized spacial score (nSPS) is 10.6. The van der Waals surface area contributed by atoms with Crippen LogP contribution in [0.3, 0.4) is 0 Å². The predicted octanol–water partition coefficient (Wildman–Crippen LogP) is 2.22. The summed E-state index contributed by atoms with van der Waals surface area (Å²) >= 11 is 0. The third kappa shape index (κ3) is 2.03. The minimum absolute atomic E-state index is 0.420. The Morgan fingerprint density at radius 1 is 1.44 bits per heavy atom. The molecule has 0 spiro atoms. The Labute approximate surface area is 93.0 Å². The van der Waals surface area contributed by atoms with Crippen LogP contribution in [0, 0.1) is 0 Å². The molecule has 2 rings (SSSR count). The van der Waals surface area contributed by atoms with Crippen LogP contribution in [0.4, 0.5) is 4.79 Å². The van der Waals surface area contributed by atoms with Crippen LogP contribution in [0.15, 0.2) is 24.3 Å². The van der Waals surface area contributed by atoms with Gasteiger partial charge in [-0.1, -0.05) is 30.7 Å². The molecule has 84 valence electrons. The lowest BCUT2D eigenvalue weighted by Gasteiger charge is -2.02. The summed E-state index contributed by atoms with van der Waals surface area (Å²) in [7, 11) is 0. The SMILES string of the molecule is CCCCOC(=O)n1nnc2ccccc21. The maximum atomic E-state index is 11.6. The molecule has 1 aromatic heterocycles. The van der Waals surface area contributed by atoms with E-state index >= 15 is 0 Å². The molecule has 0 saturated carbocycles. The molecule has 1 heterocycles. The first-order chi connectivity index (χ1) is 7.83. The fourth-order valence-electron chi connectivity index (χ4n) is 1.37. The summed E-state index contributed by atoms with van der Waals surface area (Å²) in [6.07, 6.45) is 1.38. The largest absolute Gasteiger partial charge is 0.448 e. The van der Waals surface area contributed by atoms with Crippen LogP contribution >= 0.6 is 0 Å². The second kappa shape index (κ2) is 4.74. The lowest BCUT2D eigenvalue weighted by atomic mass is 10.3. The predicted molar refractivity (Wildman–Crippen MR) is 59.2 cm³/mol. The van der Waals surface area contributed by atoms with Gasteiger partial charge < -0.3 is 4.74 Å². The lowest BCUT2D eigenvalue weighted by Crippen LogP contribution is -2.15. The number of para-hydroxylation sites is 1. The highest BCUT2D eigenvalue weighted by Crippen LogP contribution is 2.09. The Hall–Kier alpha value is -1.91. The molecule has 1 aromatic carbocycles. The number of fused-ring (bicyclic) bond motifs is 1. The second-order valence-corrected chi connectivity index (χ2v) is 3.46. The van der Waals surface area contributed by atoms with Crippen molar-refractivity contribution in [3.8, 4) is 0 Å². The van der Waals surface area contributed by atoms with Crippen molar-refractivity contribution in [2.45, 2.75) is 19.8 Å². The van der Waals surface area contributed by atoms with Crippen LogP contribution in [0.2, 0.25) is 0 Å². The molecule has 0 saturated heterocycles. The maximum Gasteiger partial charge on any atom is 0.436 e. The molecule has 0 aliphatic rings.